The van der Waals surface area contributed by atoms with E-state index in [2.05, 4.69) is 0 Å². The van der Waals surface area contributed by atoms with Gasteiger partial charge in [0.15, 0.2) is 6.61 Å². The van der Waals surface area contributed by atoms with Crippen LogP contribution in [0.5, 0.6) is 0 Å². The van der Waals surface area contributed by atoms with Crippen LogP contribution in [0.4, 0.5) is 0 Å². The molecule has 0 aromatic carbocycles. The number of hydrogen-bond acceptors (Lipinski definition) is 8. The Bertz CT molecular complexity index is 605. The molecule has 138 valence electrons. The molecule has 1 heterocycles. The minimum Gasteiger partial charge on any atom is -0.469 e. The number of halogens is 1. The zero-order chi connectivity index (χ0) is 18.3. The summed E-state index contributed by atoms with van der Waals surface area (Å²) in [5.74, 6) is -3.74. The van der Waals surface area contributed by atoms with E-state index in [1.807, 2.05) is 29.5 Å². The highest BCUT2D eigenvalue weighted by molar-refractivity contribution is 14.1. The Morgan fingerprint density at radius 1 is 1.32 bits per heavy atom. The lowest BCUT2D eigenvalue weighted by Gasteiger charge is -2.29. The molecule has 0 radical (unpaired) electrons. The highest BCUT2D eigenvalue weighted by Gasteiger charge is 2.70. The second kappa shape index (κ2) is 7.08. The fourth-order valence-corrected chi connectivity index (χ4v) is 4.36. The van der Waals surface area contributed by atoms with Gasteiger partial charge >= 0.3 is 23.9 Å². The van der Waals surface area contributed by atoms with Crippen LogP contribution in [-0.2, 0) is 38.1 Å². The normalized spacial score (nSPS) is 35.9. The Kier molecular flexibility index (Phi) is 5.21. The van der Waals surface area contributed by atoms with Gasteiger partial charge in [-0.25, -0.2) is 4.79 Å². The van der Waals surface area contributed by atoms with Crippen LogP contribution in [0.2, 0.25) is 0 Å². The molecular formula is C16H19IO8. The molecule has 0 N–H and O–H groups in total. The van der Waals surface area contributed by atoms with Crippen molar-refractivity contribution in [3.8, 4) is 0 Å². The Morgan fingerprint density at radius 2 is 2.04 bits per heavy atom. The number of methoxy groups -OCH3 is 1. The van der Waals surface area contributed by atoms with E-state index < -0.39 is 54.5 Å². The van der Waals surface area contributed by atoms with Gasteiger partial charge < -0.3 is 18.9 Å². The summed E-state index contributed by atoms with van der Waals surface area (Å²) in [5.41, 5.74) is 0. The van der Waals surface area contributed by atoms with Gasteiger partial charge in [-0.3, -0.25) is 14.4 Å². The van der Waals surface area contributed by atoms with Crippen LogP contribution in [-0.4, -0.2) is 53.7 Å². The van der Waals surface area contributed by atoms with Crippen molar-refractivity contribution < 1.29 is 38.1 Å². The molecular weight excluding hydrogens is 447 g/mol. The summed E-state index contributed by atoms with van der Waals surface area (Å²) in [5, 5.41) is 0. The van der Waals surface area contributed by atoms with Gasteiger partial charge in [0.05, 0.1) is 18.9 Å². The van der Waals surface area contributed by atoms with Crippen molar-refractivity contribution in [2.24, 2.45) is 23.7 Å². The molecule has 0 aromatic heterocycles. The van der Waals surface area contributed by atoms with E-state index in [4.69, 9.17) is 18.9 Å². The highest BCUT2D eigenvalue weighted by Crippen LogP contribution is 2.58. The number of carbonyl (C=O) groups excluding carboxylic acids is 4. The summed E-state index contributed by atoms with van der Waals surface area (Å²) in [4.78, 5) is 47.7. The summed E-state index contributed by atoms with van der Waals surface area (Å²) in [6, 6.07) is 0. The van der Waals surface area contributed by atoms with Crippen molar-refractivity contribution in [3.63, 3.8) is 0 Å². The predicted molar refractivity (Wildman–Crippen MR) is 89.4 cm³/mol. The summed E-state index contributed by atoms with van der Waals surface area (Å²) in [6.07, 6.45) is -0.0637. The summed E-state index contributed by atoms with van der Waals surface area (Å²) >= 11 is 1.94. The fraction of sp³-hybridized carbons (Fsp3) is 0.750. The highest BCUT2D eigenvalue weighted by atomic mass is 127. The van der Waals surface area contributed by atoms with Crippen molar-refractivity contribution in [3.05, 3.63) is 0 Å². The molecule has 9 heteroatoms. The first-order valence-corrected chi connectivity index (χ1v) is 9.42. The van der Waals surface area contributed by atoms with Crippen LogP contribution in [0.3, 0.4) is 0 Å². The van der Waals surface area contributed by atoms with Crippen molar-refractivity contribution in [2.75, 3.05) is 13.7 Å². The molecule has 8 nitrogen and oxygen atoms in total. The fourth-order valence-electron chi connectivity index (χ4n) is 4.18. The van der Waals surface area contributed by atoms with Gasteiger partial charge in [0.2, 0.25) is 0 Å². The molecule has 1 saturated heterocycles. The lowest BCUT2D eigenvalue weighted by atomic mass is 9.78. The van der Waals surface area contributed by atoms with E-state index in [1.54, 1.807) is 0 Å². The lowest BCUT2D eigenvalue weighted by Crippen LogP contribution is -2.44. The van der Waals surface area contributed by atoms with Gasteiger partial charge in [0.1, 0.15) is 16.1 Å². The van der Waals surface area contributed by atoms with Gasteiger partial charge in [0.25, 0.3) is 0 Å². The van der Waals surface area contributed by atoms with E-state index in [9.17, 15) is 19.2 Å². The average Bonchev–Trinajstić information content (AvgIpc) is 3.21. The number of ether oxygens (including phenoxy) is 4. The Balaban J connectivity index is 1.63. The van der Waals surface area contributed by atoms with Crippen molar-refractivity contribution in [1.82, 2.24) is 0 Å². The predicted octanol–water partition coefficient (Wildman–Crippen LogP) is 0.635. The zero-order valence-corrected chi connectivity index (χ0v) is 16.0. The molecule has 0 aromatic rings. The monoisotopic (exact) mass is 466 g/mol. The third-order valence-corrected chi connectivity index (χ3v) is 6.62. The van der Waals surface area contributed by atoms with E-state index in [0.29, 0.717) is 12.8 Å². The molecule has 3 rings (SSSR count). The summed E-state index contributed by atoms with van der Waals surface area (Å²) in [6.45, 7) is 1.34. The van der Waals surface area contributed by atoms with Crippen LogP contribution in [0.25, 0.3) is 0 Å². The van der Waals surface area contributed by atoms with Crippen LogP contribution in [0, 0.1) is 23.7 Å². The van der Waals surface area contributed by atoms with E-state index in [0.717, 1.165) is 0 Å². The topological polar surface area (TPSA) is 105 Å². The third-order valence-electron chi connectivity index (χ3n) is 5.23. The minimum absolute atomic E-state index is 0.138. The third kappa shape index (κ3) is 3.11. The van der Waals surface area contributed by atoms with Crippen molar-refractivity contribution >= 4 is 46.5 Å². The molecule has 0 amide bonds. The maximum Gasteiger partial charge on any atom is 0.344 e. The molecule has 1 aliphatic heterocycles. The van der Waals surface area contributed by atoms with Crippen LogP contribution in [0.1, 0.15) is 19.8 Å². The molecule has 2 bridgehead atoms. The molecule has 25 heavy (non-hydrogen) atoms. The number of hydrogen-bond donors (Lipinski definition) is 0. The number of esters is 4. The van der Waals surface area contributed by atoms with Gasteiger partial charge in [-0.1, -0.05) is 29.5 Å². The van der Waals surface area contributed by atoms with Gasteiger partial charge in [-0.15, -0.1) is 0 Å². The standard InChI is InChI=1S/C16H19IO8/c1-3-8(17)14(19)23-5-9(18)24-12-6-4-7-11(10(6)15(20)22-2)16(21)25-13(7)12/h6-8,10-13H,3-5H2,1-2H3. The SMILES string of the molecule is CCC(I)C(=O)OCC(=O)OC1C2CC3C1OC(=O)C3C2C(=O)OC. The second-order valence-electron chi connectivity index (χ2n) is 6.48. The molecule has 2 aliphatic carbocycles. The van der Waals surface area contributed by atoms with E-state index in [-0.39, 0.29) is 15.8 Å². The van der Waals surface area contributed by atoms with Gasteiger partial charge in [-0.05, 0) is 12.8 Å². The van der Waals surface area contributed by atoms with Crippen LogP contribution >= 0.6 is 22.6 Å². The number of carbonyl (C=O) groups is 4. The maximum absolute atomic E-state index is 12.1. The first-order chi connectivity index (χ1) is 11.9. The molecule has 3 fully saturated rings. The first kappa shape index (κ1) is 18.4. The summed E-state index contributed by atoms with van der Waals surface area (Å²) in [7, 11) is 1.26. The molecule has 3 aliphatic rings. The van der Waals surface area contributed by atoms with Crippen LogP contribution < -0.4 is 0 Å². The maximum atomic E-state index is 12.1. The molecule has 7 unspecified atom stereocenters. The number of rotatable bonds is 6. The Morgan fingerprint density at radius 3 is 2.68 bits per heavy atom. The average molecular weight is 466 g/mol. The van der Waals surface area contributed by atoms with Crippen molar-refractivity contribution in [1.29, 1.82) is 0 Å². The quantitative estimate of drug-likeness (QED) is 0.243. The molecule has 7 atom stereocenters. The zero-order valence-electron chi connectivity index (χ0n) is 13.8. The van der Waals surface area contributed by atoms with Gasteiger partial charge in [-0.2, -0.15) is 0 Å². The van der Waals surface area contributed by atoms with Crippen LogP contribution in [0.15, 0.2) is 0 Å². The smallest absolute Gasteiger partial charge is 0.344 e. The summed E-state index contributed by atoms with van der Waals surface area (Å²) < 4.78 is 20.1. The number of alkyl halides is 1. The first-order valence-electron chi connectivity index (χ1n) is 8.17. The van der Waals surface area contributed by atoms with E-state index >= 15 is 0 Å². The minimum atomic E-state index is -0.714. The number of fused-ring (bicyclic) bond motifs is 1. The van der Waals surface area contributed by atoms with E-state index in [1.165, 1.54) is 7.11 Å². The molecule has 0 spiro atoms. The Hall–Kier alpha value is -1.39. The van der Waals surface area contributed by atoms with Gasteiger partial charge in [0, 0.05) is 11.8 Å². The largest absolute Gasteiger partial charge is 0.469 e. The Labute approximate surface area is 158 Å². The second-order valence-corrected chi connectivity index (χ2v) is 7.98. The lowest BCUT2D eigenvalue weighted by molar-refractivity contribution is -0.171. The molecule has 2 saturated carbocycles. The van der Waals surface area contributed by atoms with Crippen molar-refractivity contribution in [2.45, 2.75) is 35.9 Å².